The topological polar surface area (TPSA) is 59.1 Å². The molecule has 1 heterocycles. The van der Waals surface area contributed by atoms with Crippen LogP contribution < -0.4 is 4.72 Å². The molecular weight excluding hydrogens is 364 g/mol. The van der Waals surface area contributed by atoms with Gasteiger partial charge >= 0.3 is 0 Å². The van der Waals surface area contributed by atoms with Crippen LogP contribution >= 0.6 is 27.5 Å². The fourth-order valence-corrected chi connectivity index (χ4v) is 3.88. The van der Waals surface area contributed by atoms with Crippen LogP contribution in [0.15, 0.2) is 34.9 Å². The Balaban J connectivity index is 2.34. The summed E-state index contributed by atoms with van der Waals surface area (Å²) in [5.74, 6) is 0.191. The summed E-state index contributed by atoms with van der Waals surface area (Å²) in [6.07, 6.45) is 1.64. The quantitative estimate of drug-likeness (QED) is 0.810. The van der Waals surface area contributed by atoms with Crippen molar-refractivity contribution >= 4 is 54.1 Å². The van der Waals surface area contributed by atoms with E-state index in [1.54, 1.807) is 25.3 Å². The molecular formula is C13H14BrClN2O2S. The van der Waals surface area contributed by atoms with E-state index in [9.17, 15) is 8.42 Å². The lowest BCUT2D eigenvalue weighted by atomic mass is 10.2. The summed E-state index contributed by atoms with van der Waals surface area (Å²) < 4.78 is 27.6. The molecule has 2 rings (SSSR count). The molecule has 1 unspecified atom stereocenters. The van der Waals surface area contributed by atoms with Gasteiger partial charge in [0.05, 0.1) is 17.0 Å². The van der Waals surface area contributed by atoms with E-state index < -0.39 is 10.0 Å². The molecule has 0 saturated carbocycles. The highest BCUT2D eigenvalue weighted by molar-refractivity contribution is 9.10. The van der Waals surface area contributed by atoms with Crippen LogP contribution in [0.25, 0.3) is 10.9 Å². The first-order valence-corrected chi connectivity index (χ1v) is 9.00. The minimum absolute atomic E-state index is 0.0105. The Kier molecular flexibility index (Phi) is 4.88. The maximum absolute atomic E-state index is 12.1. The highest BCUT2D eigenvalue weighted by Gasteiger charge is 2.16. The fraction of sp³-hybridized carbons (Fsp3) is 0.308. The average molecular weight is 378 g/mol. The number of fused-ring (bicyclic) bond motifs is 1. The zero-order valence-electron chi connectivity index (χ0n) is 10.8. The van der Waals surface area contributed by atoms with Crippen LogP contribution in [0.2, 0.25) is 0 Å². The third-order valence-electron chi connectivity index (χ3n) is 2.71. The minimum atomic E-state index is -3.43. The van der Waals surface area contributed by atoms with E-state index >= 15 is 0 Å². The van der Waals surface area contributed by atoms with E-state index in [1.165, 1.54) is 0 Å². The lowest BCUT2D eigenvalue weighted by Crippen LogP contribution is -2.22. The van der Waals surface area contributed by atoms with Gasteiger partial charge in [0.25, 0.3) is 0 Å². The van der Waals surface area contributed by atoms with Gasteiger partial charge in [-0.2, -0.15) is 0 Å². The van der Waals surface area contributed by atoms with Gasteiger partial charge in [0.2, 0.25) is 10.0 Å². The van der Waals surface area contributed by atoms with Crippen molar-refractivity contribution < 1.29 is 8.42 Å². The molecule has 4 nitrogen and oxygen atoms in total. The van der Waals surface area contributed by atoms with Gasteiger partial charge < -0.3 is 0 Å². The Labute approximate surface area is 131 Å². The molecule has 108 valence electrons. The molecule has 0 saturated heterocycles. The van der Waals surface area contributed by atoms with Crippen molar-refractivity contribution in [2.75, 3.05) is 16.4 Å². The number of nitrogens with zero attached hydrogens (tertiary/aromatic N) is 1. The largest absolute Gasteiger partial charge is 0.281 e. The van der Waals surface area contributed by atoms with Crippen LogP contribution in [0, 0.1) is 5.92 Å². The Morgan fingerprint density at radius 1 is 1.45 bits per heavy atom. The molecule has 1 aromatic carbocycles. The maximum atomic E-state index is 12.1. The molecule has 0 aliphatic heterocycles. The summed E-state index contributed by atoms with van der Waals surface area (Å²) in [5, 5.41) is 0.866. The molecule has 0 aliphatic rings. The molecule has 1 aromatic heterocycles. The summed E-state index contributed by atoms with van der Waals surface area (Å²) in [6, 6.07) is 7.26. The molecule has 0 aliphatic carbocycles. The number of alkyl halides is 1. The Hall–Kier alpha value is -0.850. The fourth-order valence-electron chi connectivity index (χ4n) is 1.84. The summed E-state index contributed by atoms with van der Waals surface area (Å²) in [4.78, 5) is 4.26. The lowest BCUT2D eigenvalue weighted by molar-refractivity contribution is 0.588. The van der Waals surface area contributed by atoms with Gasteiger partial charge in [-0.15, -0.1) is 11.6 Å². The number of hydrogen-bond acceptors (Lipinski definition) is 3. The van der Waals surface area contributed by atoms with Gasteiger partial charge in [-0.3, -0.25) is 9.71 Å². The van der Waals surface area contributed by atoms with E-state index in [4.69, 9.17) is 11.6 Å². The number of sulfonamides is 1. The maximum Gasteiger partial charge on any atom is 0.233 e. The lowest BCUT2D eigenvalue weighted by Gasteiger charge is -2.12. The van der Waals surface area contributed by atoms with Gasteiger partial charge in [-0.05, 0) is 34.0 Å². The number of benzene rings is 1. The van der Waals surface area contributed by atoms with Crippen molar-refractivity contribution in [1.29, 1.82) is 0 Å². The molecule has 0 amide bonds. The number of aromatic nitrogens is 1. The average Bonchev–Trinajstić information content (AvgIpc) is 2.37. The monoisotopic (exact) mass is 376 g/mol. The van der Waals surface area contributed by atoms with Crippen molar-refractivity contribution in [1.82, 2.24) is 4.98 Å². The van der Waals surface area contributed by atoms with E-state index in [2.05, 4.69) is 25.6 Å². The van der Waals surface area contributed by atoms with Crippen molar-refractivity contribution in [3.8, 4) is 0 Å². The number of para-hydroxylation sites is 1. The number of rotatable bonds is 5. The van der Waals surface area contributed by atoms with Crippen LogP contribution in [-0.2, 0) is 10.0 Å². The van der Waals surface area contributed by atoms with E-state index in [1.807, 2.05) is 12.1 Å². The van der Waals surface area contributed by atoms with Gasteiger partial charge in [0, 0.05) is 21.9 Å². The normalized spacial score (nSPS) is 13.3. The van der Waals surface area contributed by atoms with Gasteiger partial charge in [-0.1, -0.05) is 19.1 Å². The number of nitrogens with one attached hydrogen (secondary N) is 1. The van der Waals surface area contributed by atoms with Crippen LogP contribution in [0.3, 0.4) is 0 Å². The van der Waals surface area contributed by atoms with E-state index in [0.717, 1.165) is 9.86 Å². The molecule has 1 atom stereocenters. The van der Waals surface area contributed by atoms with Crippen LogP contribution in [-0.4, -0.2) is 25.0 Å². The second-order valence-corrected chi connectivity index (χ2v) is 7.67. The highest BCUT2D eigenvalue weighted by Crippen LogP contribution is 2.25. The third kappa shape index (κ3) is 3.84. The Morgan fingerprint density at radius 2 is 2.20 bits per heavy atom. The zero-order valence-corrected chi connectivity index (χ0v) is 14.0. The number of hydrogen-bond donors (Lipinski definition) is 1. The molecule has 1 N–H and O–H groups in total. The van der Waals surface area contributed by atoms with Crippen LogP contribution in [0.1, 0.15) is 6.92 Å². The molecule has 20 heavy (non-hydrogen) atoms. The first-order valence-electron chi connectivity index (χ1n) is 6.02. The zero-order chi connectivity index (χ0) is 14.8. The van der Waals surface area contributed by atoms with Crippen molar-refractivity contribution in [3.05, 3.63) is 34.9 Å². The second kappa shape index (κ2) is 6.28. The molecule has 0 fully saturated rings. The predicted molar refractivity (Wildman–Crippen MR) is 86.7 cm³/mol. The number of halogens is 2. The van der Waals surface area contributed by atoms with Gasteiger partial charge in [0.15, 0.2) is 0 Å². The Morgan fingerprint density at radius 3 is 2.90 bits per heavy atom. The summed E-state index contributed by atoms with van der Waals surface area (Å²) in [5.41, 5.74) is 1.11. The second-order valence-electron chi connectivity index (χ2n) is 4.67. The first-order chi connectivity index (χ1) is 9.41. The molecule has 0 radical (unpaired) electrons. The molecule has 2 aromatic rings. The molecule has 0 bridgehead atoms. The van der Waals surface area contributed by atoms with E-state index in [-0.39, 0.29) is 11.7 Å². The highest BCUT2D eigenvalue weighted by atomic mass is 79.9. The van der Waals surface area contributed by atoms with Gasteiger partial charge in [0.1, 0.15) is 0 Å². The standard InChI is InChI=1S/C13H14BrClN2O2S/c1-9(6-15)8-20(18,19)17-12-4-2-3-10-5-11(14)7-16-13(10)12/h2-5,7,9,17H,6,8H2,1H3. The van der Waals surface area contributed by atoms with Gasteiger partial charge in [-0.25, -0.2) is 8.42 Å². The summed E-state index contributed by atoms with van der Waals surface area (Å²) >= 11 is 9.01. The smallest absolute Gasteiger partial charge is 0.233 e. The molecule has 0 spiro atoms. The predicted octanol–water partition coefficient (Wildman–Crippen LogP) is 3.61. The van der Waals surface area contributed by atoms with E-state index in [0.29, 0.717) is 17.1 Å². The first kappa shape index (κ1) is 15.5. The van der Waals surface area contributed by atoms with Crippen LogP contribution in [0.5, 0.6) is 0 Å². The van der Waals surface area contributed by atoms with Crippen molar-refractivity contribution in [2.24, 2.45) is 5.92 Å². The van der Waals surface area contributed by atoms with Crippen LogP contribution in [0.4, 0.5) is 5.69 Å². The summed E-state index contributed by atoms with van der Waals surface area (Å²) in [7, 11) is -3.43. The number of pyridine rings is 1. The number of anilines is 1. The SMILES string of the molecule is CC(CCl)CS(=O)(=O)Nc1cccc2cc(Br)cnc12. The minimum Gasteiger partial charge on any atom is -0.281 e. The third-order valence-corrected chi connectivity index (χ3v) is 5.21. The summed E-state index contributed by atoms with van der Waals surface area (Å²) in [6.45, 7) is 1.80. The van der Waals surface area contributed by atoms with Crippen molar-refractivity contribution in [2.45, 2.75) is 6.92 Å². The molecule has 7 heteroatoms. The van der Waals surface area contributed by atoms with Crippen molar-refractivity contribution in [3.63, 3.8) is 0 Å². The Bertz CT molecular complexity index is 721.